The minimum atomic E-state index is -1.07. The first kappa shape index (κ1) is 13.5. The highest BCUT2D eigenvalue weighted by Gasteiger charge is 2.14. The second kappa shape index (κ2) is 6.24. The van der Waals surface area contributed by atoms with Crippen LogP contribution >= 0.6 is 0 Å². The first-order valence-corrected chi connectivity index (χ1v) is 4.93. The summed E-state index contributed by atoms with van der Waals surface area (Å²) in [6, 6.07) is 1.09. The molecule has 17 heavy (non-hydrogen) atoms. The van der Waals surface area contributed by atoms with E-state index in [-0.39, 0.29) is 6.54 Å². The summed E-state index contributed by atoms with van der Waals surface area (Å²) in [4.78, 5) is 11.3. The standard InChI is InChI=1S/C11H12F3NO2/c1-17-3-2-15-11(16)6-8-9(13)4-7(12)5-10(8)14/h4-5H,2-3,6H2,1H3,(H,15,16). The maximum absolute atomic E-state index is 13.2. The summed E-state index contributed by atoms with van der Waals surface area (Å²) in [7, 11) is 1.46. The maximum atomic E-state index is 13.2. The van der Waals surface area contributed by atoms with Gasteiger partial charge in [0.2, 0.25) is 5.91 Å². The van der Waals surface area contributed by atoms with E-state index in [0.717, 1.165) is 0 Å². The van der Waals surface area contributed by atoms with Crippen molar-refractivity contribution < 1.29 is 22.7 Å². The molecule has 0 aliphatic heterocycles. The molecule has 1 aromatic rings. The second-order valence-electron chi connectivity index (χ2n) is 3.37. The van der Waals surface area contributed by atoms with E-state index in [1.807, 2.05) is 0 Å². The second-order valence-corrected chi connectivity index (χ2v) is 3.37. The Kier molecular flexibility index (Phi) is 4.96. The number of benzene rings is 1. The molecule has 0 bridgehead atoms. The minimum Gasteiger partial charge on any atom is -0.383 e. The van der Waals surface area contributed by atoms with Gasteiger partial charge in [-0.05, 0) is 0 Å². The molecule has 6 heteroatoms. The molecule has 1 aromatic carbocycles. The van der Waals surface area contributed by atoms with E-state index in [1.54, 1.807) is 0 Å². The predicted octanol–water partition coefficient (Wildman–Crippen LogP) is 1.41. The zero-order chi connectivity index (χ0) is 12.8. The van der Waals surface area contributed by atoms with Crippen molar-refractivity contribution in [2.75, 3.05) is 20.3 Å². The summed E-state index contributed by atoms with van der Waals surface area (Å²) in [6.45, 7) is 0.555. The SMILES string of the molecule is COCCNC(=O)Cc1c(F)cc(F)cc1F. The highest BCUT2D eigenvalue weighted by Crippen LogP contribution is 2.15. The topological polar surface area (TPSA) is 38.3 Å². The quantitative estimate of drug-likeness (QED) is 0.799. The molecule has 0 aliphatic rings. The van der Waals surface area contributed by atoms with Crippen LogP contribution in [0.5, 0.6) is 0 Å². The zero-order valence-corrected chi connectivity index (χ0v) is 9.23. The van der Waals surface area contributed by atoms with Gasteiger partial charge >= 0.3 is 0 Å². The zero-order valence-electron chi connectivity index (χ0n) is 9.23. The molecule has 0 saturated carbocycles. The molecular weight excluding hydrogens is 235 g/mol. The van der Waals surface area contributed by atoms with E-state index in [9.17, 15) is 18.0 Å². The summed E-state index contributed by atoms with van der Waals surface area (Å²) in [6.07, 6.45) is -0.471. The van der Waals surface area contributed by atoms with Gasteiger partial charge in [-0.3, -0.25) is 4.79 Å². The van der Waals surface area contributed by atoms with Crippen LogP contribution < -0.4 is 5.32 Å². The maximum Gasteiger partial charge on any atom is 0.224 e. The van der Waals surface area contributed by atoms with Crippen molar-refractivity contribution >= 4 is 5.91 Å². The third kappa shape index (κ3) is 4.07. The fourth-order valence-corrected chi connectivity index (χ4v) is 1.26. The lowest BCUT2D eigenvalue weighted by Crippen LogP contribution is -2.29. The molecule has 0 aromatic heterocycles. The van der Waals surface area contributed by atoms with Gasteiger partial charge in [0.15, 0.2) is 0 Å². The molecule has 1 amide bonds. The van der Waals surface area contributed by atoms with E-state index < -0.39 is 35.3 Å². The Balaban J connectivity index is 2.65. The smallest absolute Gasteiger partial charge is 0.224 e. The molecule has 0 spiro atoms. The van der Waals surface area contributed by atoms with Crippen LogP contribution in [0.4, 0.5) is 13.2 Å². The van der Waals surface area contributed by atoms with Crippen LogP contribution in [-0.2, 0) is 16.0 Å². The molecule has 0 fully saturated rings. The van der Waals surface area contributed by atoms with E-state index >= 15 is 0 Å². The van der Waals surface area contributed by atoms with Gasteiger partial charge in [0, 0.05) is 31.4 Å². The minimum absolute atomic E-state index is 0.250. The lowest BCUT2D eigenvalue weighted by molar-refractivity contribution is -0.120. The Labute approximate surface area is 96.6 Å². The van der Waals surface area contributed by atoms with Crippen molar-refractivity contribution in [3.8, 4) is 0 Å². The van der Waals surface area contributed by atoms with Gasteiger partial charge in [0.25, 0.3) is 0 Å². The number of carbonyl (C=O) groups excluding carboxylic acids is 1. The van der Waals surface area contributed by atoms with E-state index in [4.69, 9.17) is 4.74 Å². The first-order valence-electron chi connectivity index (χ1n) is 4.93. The number of nitrogens with one attached hydrogen (secondary N) is 1. The lowest BCUT2D eigenvalue weighted by atomic mass is 10.1. The molecule has 0 aliphatic carbocycles. The van der Waals surface area contributed by atoms with Gasteiger partial charge in [-0.15, -0.1) is 0 Å². The summed E-state index contributed by atoms with van der Waals surface area (Å²) in [5.41, 5.74) is -0.443. The van der Waals surface area contributed by atoms with Crippen molar-refractivity contribution in [3.05, 3.63) is 35.1 Å². The monoisotopic (exact) mass is 247 g/mol. The number of rotatable bonds is 5. The van der Waals surface area contributed by atoms with Crippen LogP contribution in [0.2, 0.25) is 0 Å². The first-order chi connectivity index (χ1) is 8.04. The largest absolute Gasteiger partial charge is 0.383 e. The van der Waals surface area contributed by atoms with Crippen molar-refractivity contribution in [1.29, 1.82) is 0 Å². The highest BCUT2D eigenvalue weighted by molar-refractivity contribution is 5.78. The van der Waals surface area contributed by atoms with Crippen LogP contribution in [0.1, 0.15) is 5.56 Å². The normalized spacial score (nSPS) is 10.4. The van der Waals surface area contributed by atoms with Gasteiger partial charge in [-0.2, -0.15) is 0 Å². The third-order valence-corrected chi connectivity index (χ3v) is 2.07. The van der Waals surface area contributed by atoms with Gasteiger partial charge in [0.05, 0.1) is 13.0 Å². The Bertz CT molecular complexity index is 387. The van der Waals surface area contributed by atoms with Crippen molar-refractivity contribution in [3.63, 3.8) is 0 Å². The van der Waals surface area contributed by atoms with E-state index in [1.165, 1.54) is 7.11 Å². The average molecular weight is 247 g/mol. The van der Waals surface area contributed by atoms with Crippen LogP contribution in [0, 0.1) is 17.5 Å². The summed E-state index contributed by atoms with van der Waals surface area (Å²) < 4.78 is 43.6. The number of hydrogen-bond donors (Lipinski definition) is 1. The van der Waals surface area contributed by atoms with E-state index in [0.29, 0.717) is 18.7 Å². The summed E-state index contributed by atoms with van der Waals surface area (Å²) in [5.74, 6) is -3.69. The number of amides is 1. The third-order valence-electron chi connectivity index (χ3n) is 2.07. The number of ether oxygens (including phenoxy) is 1. The average Bonchev–Trinajstić information content (AvgIpc) is 2.24. The number of carbonyl (C=O) groups is 1. The Morgan fingerprint density at radius 3 is 2.41 bits per heavy atom. The number of halogens is 3. The molecule has 3 nitrogen and oxygen atoms in total. The number of hydrogen-bond acceptors (Lipinski definition) is 2. The van der Waals surface area contributed by atoms with Crippen molar-refractivity contribution in [2.45, 2.75) is 6.42 Å². The lowest BCUT2D eigenvalue weighted by Gasteiger charge is -2.06. The predicted molar refractivity (Wildman–Crippen MR) is 54.9 cm³/mol. The van der Waals surface area contributed by atoms with Gasteiger partial charge < -0.3 is 10.1 Å². The Morgan fingerprint density at radius 2 is 1.88 bits per heavy atom. The van der Waals surface area contributed by atoms with Gasteiger partial charge in [0.1, 0.15) is 17.5 Å². The molecule has 1 N–H and O–H groups in total. The Hall–Kier alpha value is -1.56. The molecule has 0 unspecified atom stereocenters. The fraction of sp³-hybridized carbons (Fsp3) is 0.364. The molecule has 1 rings (SSSR count). The molecule has 0 heterocycles. The highest BCUT2D eigenvalue weighted by atomic mass is 19.1. The number of methoxy groups -OCH3 is 1. The van der Waals surface area contributed by atoms with E-state index in [2.05, 4.69) is 5.32 Å². The molecule has 0 atom stereocenters. The summed E-state index contributed by atoms with van der Waals surface area (Å²) >= 11 is 0. The Morgan fingerprint density at radius 1 is 1.29 bits per heavy atom. The van der Waals surface area contributed by atoms with Crippen LogP contribution in [0.25, 0.3) is 0 Å². The summed E-state index contributed by atoms with van der Waals surface area (Å²) in [5, 5.41) is 2.41. The van der Waals surface area contributed by atoms with Crippen molar-refractivity contribution in [1.82, 2.24) is 5.32 Å². The van der Waals surface area contributed by atoms with Crippen LogP contribution in [-0.4, -0.2) is 26.2 Å². The molecule has 94 valence electrons. The molecule has 0 saturated heterocycles. The van der Waals surface area contributed by atoms with Crippen LogP contribution in [0.3, 0.4) is 0 Å². The van der Waals surface area contributed by atoms with Gasteiger partial charge in [-0.25, -0.2) is 13.2 Å². The van der Waals surface area contributed by atoms with Crippen molar-refractivity contribution in [2.24, 2.45) is 0 Å². The van der Waals surface area contributed by atoms with Gasteiger partial charge in [-0.1, -0.05) is 0 Å². The molecule has 0 radical (unpaired) electrons. The van der Waals surface area contributed by atoms with Crippen LogP contribution in [0.15, 0.2) is 12.1 Å². The molecular formula is C11H12F3NO2. The fourth-order valence-electron chi connectivity index (χ4n) is 1.26.